The number of aromatic nitrogens is 3. The molecule has 4 nitrogen and oxygen atoms in total. The van der Waals surface area contributed by atoms with Crippen LogP contribution in [0.2, 0.25) is 0 Å². The number of nitrogens with one attached hydrogen (secondary N) is 2. The molecule has 0 saturated carbocycles. The van der Waals surface area contributed by atoms with Crippen LogP contribution in [0.15, 0.2) is 30.7 Å². The van der Waals surface area contributed by atoms with Gasteiger partial charge in [0, 0.05) is 31.1 Å². The summed E-state index contributed by atoms with van der Waals surface area (Å²) in [5.41, 5.74) is 4.94. The Morgan fingerprint density at radius 3 is 3.21 bits per heavy atom. The van der Waals surface area contributed by atoms with Gasteiger partial charge in [0.25, 0.3) is 0 Å². The van der Waals surface area contributed by atoms with Gasteiger partial charge in [-0.3, -0.25) is 4.40 Å². The van der Waals surface area contributed by atoms with Gasteiger partial charge in [0.05, 0.1) is 11.0 Å². The third-order valence-electron chi connectivity index (χ3n) is 4.48. The second-order valence-corrected chi connectivity index (χ2v) is 5.43. The van der Waals surface area contributed by atoms with E-state index in [1.165, 1.54) is 23.0 Å². The average molecular weight is 254 g/mol. The second kappa shape index (κ2) is 4.10. The summed E-state index contributed by atoms with van der Waals surface area (Å²) in [6, 6.07) is 4.19. The van der Waals surface area contributed by atoms with Crippen molar-refractivity contribution < 1.29 is 0 Å². The second-order valence-electron chi connectivity index (χ2n) is 5.43. The number of pyridine rings is 1. The normalized spacial score (nSPS) is 23.6. The third-order valence-corrected chi connectivity index (χ3v) is 4.48. The van der Waals surface area contributed by atoms with Crippen LogP contribution in [-0.2, 0) is 0 Å². The van der Waals surface area contributed by atoms with Crippen molar-refractivity contribution in [1.82, 2.24) is 19.7 Å². The average Bonchev–Trinajstić information content (AvgIpc) is 3.15. The van der Waals surface area contributed by atoms with Crippen LogP contribution in [0.1, 0.15) is 24.8 Å². The summed E-state index contributed by atoms with van der Waals surface area (Å²) in [5.74, 6) is 1.34. The molecule has 0 radical (unpaired) electrons. The van der Waals surface area contributed by atoms with Crippen LogP contribution in [0.3, 0.4) is 0 Å². The lowest BCUT2D eigenvalue weighted by Crippen LogP contribution is -2.09. The maximum atomic E-state index is 4.39. The van der Waals surface area contributed by atoms with Crippen molar-refractivity contribution in [3.8, 4) is 0 Å². The molecule has 4 heteroatoms. The van der Waals surface area contributed by atoms with Crippen molar-refractivity contribution in [2.24, 2.45) is 5.92 Å². The first kappa shape index (κ1) is 11.1. The van der Waals surface area contributed by atoms with Crippen LogP contribution in [-0.4, -0.2) is 27.5 Å². The molecule has 0 unspecified atom stereocenters. The Kier molecular flexibility index (Phi) is 2.38. The topological polar surface area (TPSA) is 45.1 Å². The third kappa shape index (κ3) is 1.53. The summed E-state index contributed by atoms with van der Waals surface area (Å²) in [5, 5.41) is 3.53. The number of fused-ring (bicyclic) bond motifs is 3. The van der Waals surface area contributed by atoms with Crippen LogP contribution in [0.5, 0.6) is 0 Å². The Balaban J connectivity index is 1.96. The number of nitrogens with zero attached hydrogens (tertiary/aromatic N) is 2. The van der Waals surface area contributed by atoms with Crippen molar-refractivity contribution in [1.29, 1.82) is 0 Å². The highest BCUT2D eigenvalue weighted by molar-refractivity contribution is 5.83. The molecular weight excluding hydrogens is 236 g/mol. The summed E-state index contributed by atoms with van der Waals surface area (Å²) in [6.45, 7) is 4.50. The first-order chi connectivity index (χ1) is 9.38. The van der Waals surface area contributed by atoms with Crippen LogP contribution in [0.25, 0.3) is 16.7 Å². The molecule has 1 aliphatic heterocycles. The zero-order valence-electron chi connectivity index (χ0n) is 11.1. The van der Waals surface area contributed by atoms with Crippen LogP contribution < -0.4 is 5.32 Å². The van der Waals surface area contributed by atoms with E-state index >= 15 is 0 Å². The molecule has 3 aromatic heterocycles. The Morgan fingerprint density at radius 1 is 1.37 bits per heavy atom. The highest BCUT2D eigenvalue weighted by Gasteiger charge is 2.29. The molecule has 0 aliphatic carbocycles. The van der Waals surface area contributed by atoms with Crippen molar-refractivity contribution in [2.75, 3.05) is 13.1 Å². The summed E-state index contributed by atoms with van der Waals surface area (Å²) in [7, 11) is 0. The Hall–Kier alpha value is -1.81. The van der Waals surface area contributed by atoms with E-state index in [1.807, 2.05) is 6.20 Å². The maximum absolute atomic E-state index is 4.39. The number of imidazole rings is 1. The molecule has 4 rings (SSSR count). The lowest BCUT2D eigenvalue weighted by Gasteiger charge is -2.16. The van der Waals surface area contributed by atoms with Gasteiger partial charge < -0.3 is 10.3 Å². The van der Waals surface area contributed by atoms with Gasteiger partial charge >= 0.3 is 0 Å². The lowest BCUT2D eigenvalue weighted by atomic mass is 9.88. The SMILES string of the molecule is CC[C@@H]1CNC[C@H]1c1c[nH]c2ccc3nccn3c12. The summed E-state index contributed by atoms with van der Waals surface area (Å²) in [6.07, 6.45) is 7.34. The fourth-order valence-electron chi connectivity index (χ4n) is 3.44. The first-order valence-corrected chi connectivity index (χ1v) is 7.02. The molecule has 4 heterocycles. The fraction of sp³-hybridized carbons (Fsp3) is 0.400. The molecule has 1 saturated heterocycles. The zero-order chi connectivity index (χ0) is 12.8. The quantitative estimate of drug-likeness (QED) is 0.738. The van der Waals surface area contributed by atoms with E-state index in [4.69, 9.17) is 0 Å². The molecular formula is C15H18N4. The van der Waals surface area contributed by atoms with Gasteiger partial charge in [0.15, 0.2) is 0 Å². The van der Waals surface area contributed by atoms with E-state index < -0.39 is 0 Å². The predicted molar refractivity (Wildman–Crippen MR) is 76.4 cm³/mol. The minimum atomic E-state index is 0.603. The lowest BCUT2D eigenvalue weighted by molar-refractivity contribution is 0.504. The van der Waals surface area contributed by atoms with E-state index in [9.17, 15) is 0 Å². The van der Waals surface area contributed by atoms with Gasteiger partial charge in [0.1, 0.15) is 5.65 Å². The molecule has 3 aromatic rings. The molecule has 19 heavy (non-hydrogen) atoms. The summed E-state index contributed by atoms with van der Waals surface area (Å²) < 4.78 is 2.20. The molecule has 0 spiro atoms. The molecule has 1 fully saturated rings. The molecule has 0 amide bonds. The largest absolute Gasteiger partial charge is 0.360 e. The number of H-pyrrole nitrogens is 1. The fourth-order valence-corrected chi connectivity index (χ4v) is 3.44. The molecule has 0 aromatic carbocycles. The molecule has 0 bridgehead atoms. The predicted octanol–water partition coefficient (Wildman–Crippen LogP) is 2.53. The van der Waals surface area contributed by atoms with E-state index in [1.54, 1.807) is 0 Å². The van der Waals surface area contributed by atoms with Gasteiger partial charge in [-0.2, -0.15) is 0 Å². The Morgan fingerprint density at radius 2 is 2.32 bits per heavy atom. The minimum Gasteiger partial charge on any atom is -0.360 e. The van der Waals surface area contributed by atoms with E-state index in [2.05, 4.69) is 51.1 Å². The van der Waals surface area contributed by atoms with Crippen LogP contribution in [0.4, 0.5) is 0 Å². The number of rotatable bonds is 2. The van der Waals surface area contributed by atoms with E-state index in [0.717, 1.165) is 24.7 Å². The summed E-state index contributed by atoms with van der Waals surface area (Å²) >= 11 is 0. The van der Waals surface area contributed by atoms with Gasteiger partial charge in [-0.15, -0.1) is 0 Å². The van der Waals surface area contributed by atoms with E-state index in [0.29, 0.717) is 5.92 Å². The number of hydrogen-bond acceptors (Lipinski definition) is 2. The first-order valence-electron chi connectivity index (χ1n) is 7.02. The molecule has 1 aliphatic rings. The van der Waals surface area contributed by atoms with Gasteiger partial charge in [-0.1, -0.05) is 13.3 Å². The smallest absolute Gasteiger partial charge is 0.137 e. The van der Waals surface area contributed by atoms with Crippen LogP contribution in [0, 0.1) is 5.92 Å². The maximum Gasteiger partial charge on any atom is 0.137 e. The molecule has 2 atom stereocenters. The van der Waals surface area contributed by atoms with Crippen molar-refractivity contribution >= 4 is 16.7 Å². The molecule has 98 valence electrons. The molecule has 2 N–H and O–H groups in total. The Labute approximate surface area is 111 Å². The van der Waals surface area contributed by atoms with Crippen LogP contribution >= 0.6 is 0 Å². The van der Waals surface area contributed by atoms with Crippen molar-refractivity contribution in [3.05, 3.63) is 36.3 Å². The van der Waals surface area contributed by atoms with Gasteiger partial charge in [-0.05, 0) is 30.2 Å². The van der Waals surface area contributed by atoms with Gasteiger partial charge in [0.2, 0.25) is 0 Å². The number of hydrogen-bond donors (Lipinski definition) is 2. The van der Waals surface area contributed by atoms with Crippen molar-refractivity contribution in [3.63, 3.8) is 0 Å². The Bertz CT molecular complexity index is 724. The standard InChI is InChI=1S/C15H18N4/c1-2-10-7-16-8-11(10)12-9-18-13-3-4-14-17-5-6-19(14)15(12)13/h3-6,9-11,16,18H,2,7-8H2,1H3/t10-,11-/m1/s1. The van der Waals surface area contributed by atoms with E-state index in [-0.39, 0.29) is 0 Å². The number of aromatic amines is 1. The zero-order valence-corrected chi connectivity index (χ0v) is 11.1. The highest BCUT2D eigenvalue weighted by Crippen LogP contribution is 2.34. The monoisotopic (exact) mass is 254 g/mol. The summed E-state index contributed by atoms with van der Waals surface area (Å²) in [4.78, 5) is 7.80. The minimum absolute atomic E-state index is 0.603. The van der Waals surface area contributed by atoms with Gasteiger partial charge in [-0.25, -0.2) is 4.98 Å². The highest BCUT2D eigenvalue weighted by atomic mass is 15.0. The van der Waals surface area contributed by atoms with Crippen molar-refractivity contribution in [2.45, 2.75) is 19.3 Å².